The minimum Gasteiger partial charge on any atom is -0.492 e. The van der Waals surface area contributed by atoms with E-state index >= 15 is 0 Å². The second-order valence-corrected chi connectivity index (χ2v) is 6.24. The second-order valence-electron chi connectivity index (χ2n) is 5.38. The third-order valence-electron chi connectivity index (χ3n) is 3.69. The summed E-state index contributed by atoms with van der Waals surface area (Å²) in [6.45, 7) is 1.07. The molecule has 0 amide bonds. The second kappa shape index (κ2) is 7.86. The van der Waals surface area contributed by atoms with Crippen LogP contribution in [0.1, 0.15) is 5.56 Å². The standard InChI is InChI=1S/C17H15BBrN5O/c18-16-6-5-15(9-17(16)19)25-8-7-24(23-11-21-22-12-23)14-3-1-13(10-20)2-4-14/h1-6,9,11-12H,7-8,18H2. The summed E-state index contributed by atoms with van der Waals surface area (Å²) >= 11 is 3.51. The Kier molecular flexibility index (Phi) is 5.36. The summed E-state index contributed by atoms with van der Waals surface area (Å²) in [5.74, 6) is 0.806. The highest BCUT2D eigenvalue weighted by atomic mass is 79.9. The molecule has 0 aliphatic carbocycles. The molecule has 0 N–H and O–H groups in total. The van der Waals surface area contributed by atoms with E-state index in [4.69, 9.17) is 10.00 Å². The Balaban J connectivity index is 1.72. The van der Waals surface area contributed by atoms with Gasteiger partial charge in [-0.15, -0.1) is 10.2 Å². The van der Waals surface area contributed by atoms with Gasteiger partial charge in [0.2, 0.25) is 0 Å². The molecule has 3 aromatic rings. The molecule has 25 heavy (non-hydrogen) atoms. The number of nitriles is 1. The van der Waals surface area contributed by atoms with Gasteiger partial charge in [-0.1, -0.05) is 27.5 Å². The smallest absolute Gasteiger partial charge is 0.140 e. The molecule has 124 valence electrons. The van der Waals surface area contributed by atoms with Crippen molar-refractivity contribution in [3.63, 3.8) is 0 Å². The first-order chi connectivity index (χ1) is 12.2. The monoisotopic (exact) mass is 395 g/mol. The largest absolute Gasteiger partial charge is 0.492 e. The van der Waals surface area contributed by atoms with Crippen LogP contribution in [-0.4, -0.2) is 35.9 Å². The Morgan fingerprint density at radius 2 is 1.88 bits per heavy atom. The molecule has 0 fully saturated rings. The van der Waals surface area contributed by atoms with Crippen molar-refractivity contribution in [2.45, 2.75) is 0 Å². The number of hydrogen-bond acceptors (Lipinski definition) is 5. The average molecular weight is 396 g/mol. The molecule has 0 spiro atoms. The molecule has 8 heteroatoms. The van der Waals surface area contributed by atoms with Gasteiger partial charge in [0.05, 0.1) is 23.9 Å². The van der Waals surface area contributed by atoms with Crippen LogP contribution >= 0.6 is 15.9 Å². The molecule has 0 unspecified atom stereocenters. The van der Waals surface area contributed by atoms with Gasteiger partial charge in [0.15, 0.2) is 0 Å². The first-order valence-corrected chi connectivity index (χ1v) is 8.48. The lowest BCUT2D eigenvalue weighted by molar-refractivity contribution is 0.319. The lowest BCUT2D eigenvalue weighted by Crippen LogP contribution is -2.32. The minimum atomic E-state index is 0.480. The molecule has 0 aliphatic heterocycles. The number of ether oxygens (including phenoxy) is 1. The SMILES string of the molecule is Bc1ccc(OCCN(c2ccc(C#N)cc2)n2cnnc2)cc1Br. The molecule has 3 rings (SSSR count). The maximum absolute atomic E-state index is 8.95. The van der Waals surface area contributed by atoms with Crippen molar-refractivity contribution in [3.05, 3.63) is 65.2 Å². The van der Waals surface area contributed by atoms with E-state index in [-0.39, 0.29) is 0 Å². The molecule has 0 radical (unpaired) electrons. The van der Waals surface area contributed by atoms with Gasteiger partial charge in [-0.3, -0.25) is 5.01 Å². The van der Waals surface area contributed by atoms with Crippen molar-refractivity contribution in [3.8, 4) is 11.8 Å². The molecule has 0 aliphatic rings. The molecule has 0 saturated carbocycles. The first-order valence-electron chi connectivity index (χ1n) is 7.69. The highest BCUT2D eigenvalue weighted by molar-refractivity contribution is 9.10. The summed E-state index contributed by atoms with van der Waals surface area (Å²) in [6, 6.07) is 15.4. The maximum atomic E-state index is 8.95. The van der Waals surface area contributed by atoms with E-state index in [9.17, 15) is 0 Å². The predicted octanol–water partition coefficient (Wildman–Crippen LogP) is 1.52. The van der Waals surface area contributed by atoms with Gasteiger partial charge in [0.1, 0.15) is 32.9 Å². The van der Waals surface area contributed by atoms with E-state index < -0.39 is 0 Å². The van der Waals surface area contributed by atoms with E-state index in [2.05, 4.69) is 32.2 Å². The first kappa shape index (κ1) is 17.1. The average Bonchev–Trinajstić information content (AvgIpc) is 3.16. The van der Waals surface area contributed by atoms with Gasteiger partial charge in [-0.2, -0.15) is 5.26 Å². The number of rotatable bonds is 6. The van der Waals surface area contributed by atoms with Crippen molar-refractivity contribution in [2.24, 2.45) is 0 Å². The normalized spacial score (nSPS) is 10.2. The Morgan fingerprint density at radius 3 is 2.52 bits per heavy atom. The van der Waals surface area contributed by atoms with Gasteiger partial charge in [-0.25, -0.2) is 4.68 Å². The van der Waals surface area contributed by atoms with E-state index in [0.29, 0.717) is 18.7 Å². The van der Waals surface area contributed by atoms with Crippen molar-refractivity contribution < 1.29 is 4.74 Å². The van der Waals surface area contributed by atoms with Crippen molar-refractivity contribution in [1.29, 1.82) is 5.26 Å². The van der Waals surface area contributed by atoms with E-state index in [0.717, 1.165) is 21.4 Å². The van der Waals surface area contributed by atoms with Crippen LogP contribution in [0.2, 0.25) is 0 Å². The Morgan fingerprint density at radius 1 is 1.16 bits per heavy atom. The lowest BCUT2D eigenvalue weighted by atomic mass is 9.97. The fraction of sp³-hybridized carbons (Fsp3) is 0.118. The molecule has 0 atom stereocenters. The molecule has 2 aromatic carbocycles. The third-order valence-corrected chi connectivity index (χ3v) is 4.55. The number of benzene rings is 2. The van der Waals surface area contributed by atoms with Crippen LogP contribution < -0.4 is 15.2 Å². The molecule has 1 heterocycles. The zero-order chi connectivity index (χ0) is 17.6. The quantitative estimate of drug-likeness (QED) is 0.592. The molecule has 0 bridgehead atoms. The van der Waals surface area contributed by atoms with Crippen molar-refractivity contribution in [2.75, 3.05) is 18.2 Å². The summed E-state index contributed by atoms with van der Waals surface area (Å²) in [5, 5.41) is 18.6. The maximum Gasteiger partial charge on any atom is 0.140 e. The Hall–Kier alpha value is -2.79. The van der Waals surface area contributed by atoms with E-state index in [1.54, 1.807) is 29.5 Å². The summed E-state index contributed by atoms with van der Waals surface area (Å²) in [4.78, 5) is 0. The van der Waals surface area contributed by atoms with Crippen LogP contribution in [0.3, 0.4) is 0 Å². The highest BCUT2D eigenvalue weighted by Gasteiger charge is 2.10. The molecular weight excluding hydrogens is 381 g/mol. The minimum absolute atomic E-state index is 0.480. The number of anilines is 1. The van der Waals surface area contributed by atoms with Gasteiger partial charge >= 0.3 is 0 Å². The summed E-state index contributed by atoms with van der Waals surface area (Å²) in [5.41, 5.74) is 2.71. The number of aromatic nitrogens is 3. The lowest BCUT2D eigenvalue weighted by Gasteiger charge is -2.25. The van der Waals surface area contributed by atoms with Crippen molar-refractivity contribution >= 4 is 34.9 Å². The zero-order valence-electron chi connectivity index (χ0n) is 13.6. The number of halogens is 1. The fourth-order valence-electron chi connectivity index (χ4n) is 2.32. The summed E-state index contributed by atoms with van der Waals surface area (Å²) in [7, 11) is 2.03. The molecule has 1 aromatic heterocycles. The molecule has 0 saturated heterocycles. The summed E-state index contributed by atoms with van der Waals surface area (Å²) in [6.07, 6.45) is 3.25. The van der Waals surface area contributed by atoms with Crippen molar-refractivity contribution in [1.82, 2.24) is 14.9 Å². The number of nitrogens with zero attached hydrogens (tertiary/aromatic N) is 5. The van der Waals surface area contributed by atoms with Gasteiger partial charge in [0, 0.05) is 4.47 Å². The topological polar surface area (TPSA) is 67.0 Å². The van der Waals surface area contributed by atoms with Crippen LogP contribution in [0, 0.1) is 11.3 Å². The highest BCUT2D eigenvalue weighted by Crippen LogP contribution is 2.18. The number of hydrogen-bond donors (Lipinski definition) is 0. The fourth-order valence-corrected chi connectivity index (χ4v) is 2.68. The van der Waals surface area contributed by atoms with Crippen LogP contribution in [0.15, 0.2) is 59.6 Å². The Labute approximate surface area is 155 Å². The van der Waals surface area contributed by atoms with Crippen LogP contribution in [0.4, 0.5) is 5.69 Å². The van der Waals surface area contributed by atoms with E-state index in [1.165, 1.54) is 0 Å². The van der Waals surface area contributed by atoms with E-state index in [1.807, 2.05) is 43.2 Å². The van der Waals surface area contributed by atoms with Crippen LogP contribution in [-0.2, 0) is 0 Å². The Bertz CT molecular complexity index is 877. The third kappa shape index (κ3) is 4.19. The van der Waals surface area contributed by atoms with Crippen LogP contribution in [0.5, 0.6) is 5.75 Å². The van der Waals surface area contributed by atoms with Gasteiger partial charge < -0.3 is 4.74 Å². The summed E-state index contributed by atoms with van der Waals surface area (Å²) < 4.78 is 8.67. The van der Waals surface area contributed by atoms with Gasteiger partial charge in [-0.05, 0) is 36.4 Å². The predicted molar refractivity (Wildman–Crippen MR) is 102 cm³/mol. The van der Waals surface area contributed by atoms with Gasteiger partial charge in [0.25, 0.3) is 0 Å². The zero-order valence-corrected chi connectivity index (χ0v) is 15.2. The van der Waals surface area contributed by atoms with Crippen LogP contribution in [0.25, 0.3) is 0 Å². The molecular formula is C17H15BBrN5O. The molecule has 6 nitrogen and oxygen atoms in total.